The molecule has 0 aliphatic rings. The summed E-state index contributed by atoms with van der Waals surface area (Å²) in [7, 11) is 0. The first-order valence-electron chi connectivity index (χ1n) is 9.18. The number of amides is 1. The van der Waals surface area contributed by atoms with Crippen molar-refractivity contribution >= 4 is 46.3 Å². The van der Waals surface area contributed by atoms with Gasteiger partial charge in [0.1, 0.15) is 11.6 Å². The average Bonchev–Trinajstić information content (AvgIpc) is 3.37. The fraction of sp³-hybridized carbons (Fsp3) is 0.200. The smallest absolute Gasteiger partial charge is 0.325 e. The van der Waals surface area contributed by atoms with Crippen LogP contribution in [-0.2, 0) is 9.53 Å². The van der Waals surface area contributed by atoms with E-state index in [1.165, 1.54) is 23.5 Å². The highest BCUT2D eigenvalue weighted by atomic mass is 35.5. The van der Waals surface area contributed by atoms with E-state index in [1.54, 1.807) is 19.2 Å². The summed E-state index contributed by atoms with van der Waals surface area (Å²) in [6.45, 7) is 2.60. The van der Waals surface area contributed by atoms with Crippen LogP contribution in [0.2, 0.25) is 5.02 Å². The summed E-state index contributed by atoms with van der Waals surface area (Å²) in [6, 6.07) is 5.21. The van der Waals surface area contributed by atoms with Gasteiger partial charge in [-0.1, -0.05) is 11.6 Å². The number of hydrogen-bond acceptors (Lipinski definition) is 8. The molecule has 166 valence electrons. The van der Waals surface area contributed by atoms with Crippen LogP contribution in [-0.4, -0.2) is 45.3 Å². The number of ether oxygens (including phenoxy) is 1. The summed E-state index contributed by atoms with van der Waals surface area (Å²) in [6.07, 6.45) is 1.67. The average molecular weight is 477 g/mol. The minimum atomic E-state index is -0.830. The molecule has 0 aliphatic carbocycles. The number of aryl methyl sites for hydroxylation is 1. The molecule has 0 saturated heterocycles. The van der Waals surface area contributed by atoms with Gasteiger partial charge in [0.05, 0.1) is 4.92 Å². The van der Waals surface area contributed by atoms with E-state index >= 15 is 0 Å². The fourth-order valence-corrected chi connectivity index (χ4v) is 3.93. The zero-order chi connectivity index (χ0) is 23.4. The number of hydrogen-bond donors (Lipinski definition) is 1. The first-order valence-corrected chi connectivity index (χ1v) is 10.4. The highest BCUT2D eigenvalue weighted by Gasteiger charge is 2.20. The van der Waals surface area contributed by atoms with Crippen molar-refractivity contribution in [2.24, 2.45) is 0 Å². The number of rotatable bonds is 8. The summed E-state index contributed by atoms with van der Waals surface area (Å²) >= 11 is 7.14. The third-order valence-electron chi connectivity index (χ3n) is 4.50. The van der Waals surface area contributed by atoms with Gasteiger partial charge in [-0.05, 0) is 32.0 Å². The zero-order valence-corrected chi connectivity index (χ0v) is 18.5. The molecule has 0 spiro atoms. The van der Waals surface area contributed by atoms with Gasteiger partial charge in [0.15, 0.2) is 11.7 Å². The van der Waals surface area contributed by atoms with E-state index in [0.717, 1.165) is 16.9 Å². The maximum atomic E-state index is 12.5. The number of ketones is 1. The van der Waals surface area contributed by atoms with Gasteiger partial charge >= 0.3 is 5.97 Å². The minimum absolute atomic E-state index is 0.0420. The Morgan fingerprint density at radius 1 is 1.28 bits per heavy atom. The van der Waals surface area contributed by atoms with Gasteiger partial charge in [-0.3, -0.25) is 29.1 Å². The molecule has 1 aromatic carbocycles. The third kappa shape index (κ3) is 5.01. The Morgan fingerprint density at radius 3 is 2.69 bits per heavy atom. The molecule has 0 bridgehead atoms. The van der Waals surface area contributed by atoms with E-state index in [2.05, 4.69) is 10.3 Å². The monoisotopic (exact) mass is 476 g/mol. The number of carbonyl (C=O) groups is 3. The van der Waals surface area contributed by atoms with E-state index in [4.69, 9.17) is 16.3 Å². The summed E-state index contributed by atoms with van der Waals surface area (Å²) in [4.78, 5) is 51.1. The van der Waals surface area contributed by atoms with Crippen LogP contribution >= 0.6 is 22.9 Å². The van der Waals surface area contributed by atoms with Gasteiger partial charge in [-0.25, -0.2) is 4.98 Å². The van der Waals surface area contributed by atoms with Crippen LogP contribution in [0, 0.1) is 24.0 Å². The van der Waals surface area contributed by atoms with Gasteiger partial charge in [-0.2, -0.15) is 0 Å². The highest BCUT2D eigenvalue weighted by molar-refractivity contribution is 7.12. The molecule has 2 aromatic heterocycles. The summed E-state index contributed by atoms with van der Waals surface area (Å²) in [5, 5.41) is 15.6. The number of halogens is 1. The van der Waals surface area contributed by atoms with Crippen LogP contribution in [0.4, 0.5) is 5.69 Å². The number of Topliss-reactive ketones (excluding diaryl/α,β-unsaturated/α-hetero) is 1. The molecular formula is C20H17ClN4O6S. The van der Waals surface area contributed by atoms with Gasteiger partial charge in [0.25, 0.3) is 11.6 Å². The molecule has 0 unspecified atom stereocenters. The molecule has 1 N–H and O–H groups in total. The summed E-state index contributed by atoms with van der Waals surface area (Å²) < 4.78 is 6.80. The van der Waals surface area contributed by atoms with Crippen LogP contribution in [0.1, 0.15) is 32.1 Å². The Hall–Kier alpha value is -3.57. The molecule has 3 rings (SSSR count). The molecule has 12 heteroatoms. The van der Waals surface area contributed by atoms with Crippen molar-refractivity contribution in [3.05, 3.63) is 73.5 Å². The van der Waals surface area contributed by atoms with Gasteiger partial charge in [0, 0.05) is 40.2 Å². The van der Waals surface area contributed by atoms with Gasteiger partial charge in [0.2, 0.25) is 5.78 Å². The van der Waals surface area contributed by atoms with E-state index < -0.39 is 41.4 Å². The Labute approximate surface area is 190 Å². The number of aromatic nitrogens is 2. The largest absolute Gasteiger partial charge is 0.456 e. The van der Waals surface area contributed by atoms with Crippen LogP contribution < -0.4 is 5.32 Å². The molecule has 10 nitrogen and oxygen atoms in total. The normalized spacial score (nSPS) is 10.6. The van der Waals surface area contributed by atoms with Crippen molar-refractivity contribution in [3.8, 4) is 5.13 Å². The molecule has 0 saturated carbocycles. The molecule has 1 amide bonds. The number of nitro benzene ring substituents is 1. The van der Waals surface area contributed by atoms with Crippen LogP contribution in [0.5, 0.6) is 0 Å². The maximum absolute atomic E-state index is 12.5. The van der Waals surface area contributed by atoms with Crippen molar-refractivity contribution < 1.29 is 24.0 Å². The lowest BCUT2D eigenvalue weighted by atomic mass is 10.1. The molecule has 3 aromatic rings. The summed E-state index contributed by atoms with van der Waals surface area (Å²) in [5.74, 6) is -1.95. The SMILES string of the molecule is Cc1cc(C(=O)COC(=O)CNC(=O)c2ccc(Cl)c([N+](=O)[O-])c2)c(C)n1-c1nccs1. The Kier molecular flexibility index (Phi) is 7.01. The van der Waals surface area contributed by atoms with Gasteiger partial charge in [-0.15, -0.1) is 11.3 Å². The minimum Gasteiger partial charge on any atom is -0.456 e. The van der Waals surface area contributed by atoms with Crippen LogP contribution in [0.15, 0.2) is 35.8 Å². The first-order chi connectivity index (χ1) is 15.2. The molecule has 0 aliphatic heterocycles. The van der Waals surface area contributed by atoms with Crippen molar-refractivity contribution in [1.29, 1.82) is 0 Å². The zero-order valence-electron chi connectivity index (χ0n) is 17.0. The number of nitrogens with zero attached hydrogens (tertiary/aromatic N) is 3. The Morgan fingerprint density at radius 2 is 2.03 bits per heavy atom. The third-order valence-corrected chi connectivity index (χ3v) is 5.58. The number of benzene rings is 1. The van der Waals surface area contributed by atoms with E-state index in [0.29, 0.717) is 11.3 Å². The second kappa shape index (κ2) is 9.71. The maximum Gasteiger partial charge on any atom is 0.325 e. The molecule has 0 radical (unpaired) electrons. The predicted octanol–water partition coefficient (Wildman–Crippen LogP) is 3.27. The number of nitrogens with one attached hydrogen (secondary N) is 1. The van der Waals surface area contributed by atoms with Crippen molar-refractivity contribution in [2.75, 3.05) is 13.2 Å². The first kappa shape index (κ1) is 23.1. The van der Waals surface area contributed by atoms with Crippen molar-refractivity contribution in [2.45, 2.75) is 13.8 Å². The molecule has 32 heavy (non-hydrogen) atoms. The molecule has 2 heterocycles. The number of carbonyl (C=O) groups excluding carboxylic acids is 3. The standard InChI is InChI=1S/C20H17ClN4O6S/c1-11-7-14(12(2)24(11)20-22-5-6-32-20)17(26)10-31-18(27)9-23-19(28)13-3-4-15(21)16(8-13)25(29)30/h3-8H,9-10H2,1-2H3,(H,23,28). The molecule has 0 fully saturated rings. The Bertz CT molecular complexity index is 1210. The fourth-order valence-electron chi connectivity index (χ4n) is 2.99. The van der Waals surface area contributed by atoms with E-state index in [1.807, 2.05) is 16.9 Å². The van der Waals surface area contributed by atoms with Crippen LogP contribution in [0.3, 0.4) is 0 Å². The topological polar surface area (TPSA) is 133 Å². The predicted molar refractivity (Wildman–Crippen MR) is 117 cm³/mol. The quantitative estimate of drug-likeness (QED) is 0.228. The van der Waals surface area contributed by atoms with E-state index in [-0.39, 0.29) is 10.6 Å². The lowest BCUT2D eigenvalue weighted by molar-refractivity contribution is -0.384. The van der Waals surface area contributed by atoms with Crippen LogP contribution in [0.25, 0.3) is 5.13 Å². The van der Waals surface area contributed by atoms with Crippen molar-refractivity contribution in [1.82, 2.24) is 14.9 Å². The summed E-state index contributed by atoms with van der Waals surface area (Å²) in [5.41, 5.74) is 1.43. The Balaban J connectivity index is 1.56. The lowest BCUT2D eigenvalue weighted by Gasteiger charge is -2.07. The number of esters is 1. The van der Waals surface area contributed by atoms with Crippen molar-refractivity contribution in [3.63, 3.8) is 0 Å². The molecular weight excluding hydrogens is 460 g/mol. The molecule has 0 atom stereocenters. The number of thiazole rings is 1. The second-order valence-electron chi connectivity index (χ2n) is 6.62. The highest BCUT2D eigenvalue weighted by Crippen LogP contribution is 2.25. The lowest BCUT2D eigenvalue weighted by Crippen LogP contribution is -2.31. The van der Waals surface area contributed by atoms with Gasteiger partial charge < -0.3 is 10.1 Å². The van der Waals surface area contributed by atoms with E-state index in [9.17, 15) is 24.5 Å². The number of nitro groups is 1. The second-order valence-corrected chi connectivity index (χ2v) is 7.90.